The van der Waals surface area contributed by atoms with Crippen molar-refractivity contribution in [2.75, 3.05) is 11.9 Å². The van der Waals surface area contributed by atoms with Gasteiger partial charge in [0.15, 0.2) is 5.78 Å². The molecule has 0 fully saturated rings. The summed E-state index contributed by atoms with van der Waals surface area (Å²) in [6.45, 7) is 1.79. The summed E-state index contributed by atoms with van der Waals surface area (Å²) in [6, 6.07) is 16.6. The topological polar surface area (TPSA) is 55.4 Å². The van der Waals surface area contributed by atoms with Crippen LogP contribution >= 0.6 is 0 Å². The number of carbonyl (C=O) groups is 2. The van der Waals surface area contributed by atoms with E-state index in [1.165, 1.54) is 6.92 Å². The second kappa shape index (κ2) is 7.24. The molecule has 0 saturated heterocycles. The fourth-order valence-corrected chi connectivity index (χ4v) is 1.88. The highest BCUT2D eigenvalue weighted by molar-refractivity contribution is 5.96. The van der Waals surface area contributed by atoms with Gasteiger partial charge in [0.25, 0.3) is 0 Å². The number of amides is 1. The van der Waals surface area contributed by atoms with Gasteiger partial charge in [-0.3, -0.25) is 10.1 Å². The maximum atomic E-state index is 11.7. The molecule has 2 aromatic rings. The van der Waals surface area contributed by atoms with Crippen LogP contribution in [0.1, 0.15) is 22.8 Å². The van der Waals surface area contributed by atoms with Crippen LogP contribution in [0.4, 0.5) is 10.5 Å². The number of benzene rings is 2. The molecule has 2 aromatic carbocycles. The molecule has 0 spiro atoms. The van der Waals surface area contributed by atoms with Gasteiger partial charge in [0, 0.05) is 17.7 Å². The van der Waals surface area contributed by atoms with Gasteiger partial charge < -0.3 is 4.74 Å². The van der Waals surface area contributed by atoms with Crippen LogP contribution in [0.2, 0.25) is 0 Å². The van der Waals surface area contributed by atoms with E-state index in [0.717, 1.165) is 5.56 Å². The average molecular weight is 283 g/mol. The molecule has 0 bridgehead atoms. The largest absolute Gasteiger partial charge is 0.449 e. The predicted molar refractivity (Wildman–Crippen MR) is 81.6 cm³/mol. The fraction of sp³-hybridized carbons (Fsp3) is 0.176. The maximum Gasteiger partial charge on any atom is 0.411 e. The van der Waals surface area contributed by atoms with Gasteiger partial charge in [0.1, 0.15) is 0 Å². The van der Waals surface area contributed by atoms with E-state index in [2.05, 4.69) is 5.32 Å². The van der Waals surface area contributed by atoms with E-state index >= 15 is 0 Å². The summed E-state index contributed by atoms with van der Waals surface area (Å²) in [5, 5.41) is 2.61. The Bertz CT molecular complexity index is 623. The first-order valence-corrected chi connectivity index (χ1v) is 6.74. The van der Waals surface area contributed by atoms with Gasteiger partial charge in [-0.1, -0.05) is 42.5 Å². The molecule has 2 rings (SSSR count). The third-order valence-electron chi connectivity index (χ3n) is 2.98. The summed E-state index contributed by atoms with van der Waals surface area (Å²) >= 11 is 0. The summed E-state index contributed by atoms with van der Waals surface area (Å²) in [6.07, 6.45) is 0.147. The Morgan fingerprint density at radius 3 is 2.52 bits per heavy atom. The third kappa shape index (κ3) is 4.76. The van der Waals surface area contributed by atoms with Gasteiger partial charge in [-0.15, -0.1) is 0 Å². The number of ketones is 1. The van der Waals surface area contributed by atoms with E-state index < -0.39 is 6.09 Å². The van der Waals surface area contributed by atoms with Crippen molar-refractivity contribution in [3.8, 4) is 0 Å². The van der Waals surface area contributed by atoms with Crippen LogP contribution in [-0.4, -0.2) is 18.5 Å². The SMILES string of the molecule is CC(=O)c1cccc(NC(=O)OCCc2ccccc2)c1. The Labute approximate surface area is 123 Å². The minimum Gasteiger partial charge on any atom is -0.449 e. The quantitative estimate of drug-likeness (QED) is 0.852. The van der Waals surface area contributed by atoms with E-state index in [1.807, 2.05) is 30.3 Å². The molecule has 0 aliphatic rings. The van der Waals surface area contributed by atoms with Crippen LogP contribution in [0.3, 0.4) is 0 Å². The van der Waals surface area contributed by atoms with Crippen LogP contribution in [0.15, 0.2) is 54.6 Å². The van der Waals surface area contributed by atoms with Crippen molar-refractivity contribution in [3.63, 3.8) is 0 Å². The smallest absolute Gasteiger partial charge is 0.411 e. The molecule has 21 heavy (non-hydrogen) atoms. The molecule has 108 valence electrons. The number of carbonyl (C=O) groups excluding carboxylic acids is 2. The minimum absolute atomic E-state index is 0.0453. The first-order chi connectivity index (χ1) is 10.1. The number of hydrogen-bond donors (Lipinski definition) is 1. The van der Waals surface area contributed by atoms with Crippen molar-refractivity contribution < 1.29 is 14.3 Å². The lowest BCUT2D eigenvalue weighted by molar-refractivity contribution is 0.101. The lowest BCUT2D eigenvalue weighted by Crippen LogP contribution is -2.15. The van der Waals surface area contributed by atoms with Crippen molar-refractivity contribution in [1.82, 2.24) is 0 Å². The molecule has 0 heterocycles. The van der Waals surface area contributed by atoms with E-state index in [9.17, 15) is 9.59 Å². The molecular formula is C17H17NO3. The first kappa shape index (κ1) is 14.8. The Hall–Kier alpha value is -2.62. The second-order valence-corrected chi connectivity index (χ2v) is 4.63. The standard InChI is InChI=1S/C17H17NO3/c1-13(19)15-8-5-9-16(12-15)18-17(20)21-11-10-14-6-3-2-4-7-14/h2-9,12H,10-11H2,1H3,(H,18,20). The Morgan fingerprint density at radius 1 is 1.05 bits per heavy atom. The lowest BCUT2D eigenvalue weighted by atomic mass is 10.1. The van der Waals surface area contributed by atoms with E-state index in [0.29, 0.717) is 24.3 Å². The zero-order valence-electron chi connectivity index (χ0n) is 11.8. The van der Waals surface area contributed by atoms with Gasteiger partial charge in [-0.05, 0) is 24.6 Å². The molecule has 0 atom stereocenters. The van der Waals surface area contributed by atoms with Crippen LogP contribution in [0.25, 0.3) is 0 Å². The molecule has 0 radical (unpaired) electrons. The van der Waals surface area contributed by atoms with Gasteiger partial charge in [0.2, 0.25) is 0 Å². The van der Waals surface area contributed by atoms with E-state index in [1.54, 1.807) is 24.3 Å². The van der Waals surface area contributed by atoms with E-state index in [-0.39, 0.29) is 5.78 Å². The lowest BCUT2D eigenvalue weighted by Gasteiger charge is -2.08. The van der Waals surface area contributed by atoms with Gasteiger partial charge >= 0.3 is 6.09 Å². The minimum atomic E-state index is -0.522. The molecule has 0 unspecified atom stereocenters. The van der Waals surface area contributed by atoms with Crippen LogP contribution < -0.4 is 5.32 Å². The van der Waals surface area contributed by atoms with Crippen molar-refractivity contribution >= 4 is 17.6 Å². The zero-order chi connectivity index (χ0) is 15.1. The summed E-state index contributed by atoms with van der Waals surface area (Å²) in [7, 11) is 0. The Morgan fingerprint density at radius 2 is 1.81 bits per heavy atom. The summed E-state index contributed by atoms with van der Waals surface area (Å²) in [5.74, 6) is -0.0453. The number of rotatable bonds is 5. The van der Waals surface area contributed by atoms with Crippen molar-refractivity contribution in [1.29, 1.82) is 0 Å². The predicted octanol–water partition coefficient (Wildman–Crippen LogP) is 3.68. The number of hydrogen-bond acceptors (Lipinski definition) is 3. The van der Waals surface area contributed by atoms with Gasteiger partial charge in [0.05, 0.1) is 6.61 Å². The van der Waals surface area contributed by atoms with Crippen molar-refractivity contribution in [2.45, 2.75) is 13.3 Å². The average Bonchev–Trinajstić information content (AvgIpc) is 2.48. The molecule has 4 heteroatoms. The molecule has 0 saturated carbocycles. The van der Waals surface area contributed by atoms with Crippen LogP contribution in [0, 0.1) is 0 Å². The highest BCUT2D eigenvalue weighted by Crippen LogP contribution is 2.11. The van der Waals surface area contributed by atoms with Crippen LogP contribution in [0.5, 0.6) is 0 Å². The van der Waals surface area contributed by atoms with Crippen molar-refractivity contribution in [3.05, 3.63) is 65.7 Å². The number of anilines is 1. The van der Waals surface area contributed by atoms with Crippen LogP contribution in [-0.2, 0) is 11.2 Å². The fourth-order valence-electron chi connectivity index (χ4n) is 1.88. The molecule has 0 aromatic heterocycles. The van der Waals surface area contributed by atoms with Gasteiger partial charge in [-0.2, -0.15) is 0 Å². The van der Waals surface area contributed by atoms with E-state index in [4.69, 9.17) is 4.74 Å². The molecule has 4 nitrogen and oxygen atoms in total. The Kier molecular flexibility index (Phi) is 5.10. The Balaban J connectivity index is 1.82. The highest BCUT2D eigenvalue weighted by Gasteiger charge is 2.05. The second-order valence-electron chi connectivity index (χ2n) is 4.63. The number of Topliss-reactive ketones (excluding diaryl/α,β-unsaturated/α-hetero) is 1. The summed E-state index contributed by atoms with van der Waals surface area (Å²) in [4.78, 5) is 22.9. The maximum absolute atomic E-state index is 11.7. The first-order valence-electron chi connectivity index (χ1n) is 6.74. The van der Waals surface area contributed by atoms with Gasteiger partial charge in [-0.25, -0.2) is 4.79 Å². The monoisotopic (exact) mass is 283 g/mol. The summed E-state index contributed by atoms with van der Waals surface area (Å²) in [5.41, 5.74) is 2.22. The normalized spacial score (nSPS) is 9.95. The third-order valence-corrected chi connectivity index (χ3v) is 2.98. The number of nitrogens with one attached hydrogen (secondary N) is 1. The molecule has 1 N–H and O–H groups in total. The van der Waals surface area contributed by atoms with Crippen molar-refractivity contribution in [2.24, 2.45) is 0 Å². The number of ether oxygens (including phenoxy) is 1. The molecular weight excluding hydrogens is 266 g/mol. The molecule has 0 aliphatic heterocycles. The summed E-state index contributed by atoms with van der Waals surface area (Å²) < 4.78 is 5.12. The molecule has 1 amide bonds. The highest BCUT2D eigenvalue weighted by atomic mass is 16.5. The zero-order valence-corrected chi connectivity index (χ0v) is 11.8. The molecule has 0 aliphatic carbocycles.